The summed E-state index contributed by atoms with van der Waals surface area (Å²) in [6.45, 7) is 1.98. The van der Waals surface area contributed by atoms with Gasteiger partial charge in [0, 0.05) is 37.6 Å². The largest absolute Gasteiger partial charge is 0 e. The van der Waals surface area contributed by atoms with Crippen LogP contribution in [-0.2, 0) is 26.5 Å². The zero-order valence-electron chi connectivity index (χ0n) is 44.7. The third-order valence-corrected chi connectivity index (χ3v) is 21.1. The summed E-state index contributed by atoms with van der Waals surface area (Å²) in [5.41, 5.74) is 12.3. The number of aromatic nitrogens is 4. The minimum absolute atomic E-state index is 0. The molecule has 12 aromatic rings. The van der Waals surface area contributed by atoms with Crippen LogP contribution in [0.25, 0.3) is 94.8 Å². The van der Waals surface area contributed by atoms with Gasteiger partial charge in [-0.1, -0.05) is 126 Å². The molecule has 12 rings (SSSR count). The zero-order chi connectivity index (χ0) is 53.4. The van der Waals surface area contributed by atoms with Crippen LogP contribution in [0.3, 0.4) is 0 Å². The predicted octanol–water partition coefficient (Wildman–Crippen LogP) is 15.9. The van der Waals surface area contributed by atoms with E-state index in [1.54, 1.807) is 6.07 Å². The number of fused-ring (bicyclic) bond motifs is 4. The van der Waals surface area contributed by atoms with Gasteiger partial charge in [-0.15, -0.1) is 12.1 Å². The maximum Gasteiger partial charge on any atom is 0 e. The first-order valence-corrected chi connectivity index (χ1v) is 31.0. The Morgan fingerprint density at radius 2 is 1.27 bits per heavy atom. The van der Waals surface area contributed by atoms with Crippen molar-refractivity contribution in [2.45, 2.75) is 38.6 Å². The van der Waals surface area contributed by atoms with Gasteiger partial charge in [0.2, 0.25) is 0 Å². The molecule has 371 valence electrons. The summed E-state index contributed by atoms with van der Waals surface area (Å²) in [4.78, 5) is 14.5. The van der Waals surface area contributed by atoms with E-state index in [0.29, 0.717) is 45.2 Å². The molecular formula is C66H52F2GeIrN4O-2. The van der Waals surface area contributed by atoms with E-state index in [2.05, 4.69) is 115 Å². The number of hydrogen-bond acceptors (Lipinski definition) is 4. The van der Waals surface area contributed by atoms with Gasteiger partial charge in [-0.25, -0.2) is 4.39 Å². The van der Waals surface area contributed by atoms with E-state index in [0.717, 1.165) is 62.5 Å². The molecule has 5 nitrogen and oxygen atoms in total. The quantitative estimate of drug-likeness (QED) is 0.101. The van der Waals surface area contributed by atoms with Crippen molar-refractivity contribution < 1.29 is 37.4 Å². The van der Waals surface area contributed by atoms with Gasteiger partial charge in [-0.3, -0.25) is 9.97 Å². The molecule has 4 aromatic heterocycles. The molecule has 0 N–H and O–H groups in total. The number of imidazole rings is 1. The van der Waals surface area contributed by atoms with Gasteiger partial charge in [0.05, 0.1) is 28.0 Å². The van der Waals surface area contributed by atoms with Crippen molar-refractivity contribution in [2.75, 3.05) is 0 Å². The smallest absolute Gasteiger partial charge is 0 e. The molecule has 0 amide bonds. The molecular weight excluding hydrogens is 1170 g/mol. The molecule has 0 saturated carbocycles. The number of hydrogen-bond donors (Lipinski definition) is 0. The summed E-state index contributed by atoms with van der Waals surface area (Å²) in [5.74, 6) is 4.72. The summed E-state index contributed by atoms with van der Waals surface area (Å²) in [7, 11) is 0. The minimum Gasteiger partial charge on any atom is 0 e. The van der Waals surface area contributed by atoms with Crippen molar-refractivity contribution in [1.29, 1.82) is 0 Å². The van der Waals surface area contributed by atoms with Crippen LogP contribution in [0.2, 0.25) is 11.5 Å². The van der Waals surface area contributed by atoms with Crippen LogP contribution in [0.4, 0.5) is 8.78 Å². The Labute approximate surface area is 456 Å². The Bertz CT molecular complexity index is 4080. The first-order valence-electron chi connectivity index (χ1n) is 26.2. The van der Waals surface area contributed by atoms with Crippen molar-refractivity contribution in [3.8, 4) is 61.7 Å². The molecule has 0 aliphatic rings. The van der Waals surface area contributed by atoms with Crippen molar-refractivity contribution in [1.82, 2.24) is 19.5 Å². The van der Waals surface area contributed by atoms with Gasteiger partial charge in [-0.2, -0.15) is 0 Å². The second kappa shape index (κ2) is 21.7. The van der Waals surface area contributed by atoms with Crippen LogP contribution in [0, 0.1) is 36.5 Å². The third-order valence-electron chi connectivity index (χ3n) is 13.6. The van der Waals surface area contributed by atoms with Crippen molar-refractivity contribution in [3.05, 3.63) is 241 Å². The van der Waals surface area contributed by atoms with E-state index in [-0.39, 0.29) is 37.0 Å². The summed E-state index contributed by atoms with van der Waals surface area (Å²) in [6.07, 6.45) is 4.67. The van der Waals surface area contributed by atoms with Crippen LogP contribution in [0.1, 0.15) is 29.1 Å². The molecule has 0 aliphatic carbocycles. The average molecular weight is 1220 g/mol. The van der Waals surface area contributed by atoms with E-state index in [4.69, 9.17) is 18.5 Å². The van der Waals surface area contributed by atoms with Crippen molar-refractivity contribution >= 4 is 55.2 Å². The number of aryl methyl sites for hydroxylation is 1. The van der Waals surface area contributed by atoms with Crippen LogP contribution in [0.5, 0.6) is 0 Å². The fraction of sp³-hybridized carbons (Fsp3) is 0.106. The van der Waals surface area contributed by atoms with E-state index >= 15 is 4.39 Å². The zero-order valence-corrected chi connectivity index (χ0v) is 46.2. The van der Waals surface area contributed by atoms with E-state index < -0.39 is 25.9 Å². The Kier molecular flexibility index (Phi) is 13.6. The number of para-hydroxylation sites is 1. The number of rotatable bonds is 10. The molecule has 8 aromatic carbocycles. The number of halogens is 2. The molecule has 75 heavy (non-hydrogen) atoms. The maximum atomic E-state index is 15.7. The molecule has 0 atom stereocenters. The van der Waals surface area contributed by atoms with E-state index in [1.807, 2.05) is 114 Å². The molecule has 0 aliphatic heterocycles. The number of nitrogens with zero attached hydrogens (tertiary/aromatic N) is 4. The van der Waals surface area contributed by atoms with Gasteiger partial charge in [0.15, 0.2) is 0 Å². The predicted molar refractivity (Wildman–Crippen MR) is 302 cm³/mol. The summed E-state index contributed by atoms with van der Waals surface area (Å²) >= 11 is -2.58. The van der Waals surface area contributed by atoms with Gasteiger partial charge >= 0.3 is 169 Å². The number of benzene rings is 8. The van der Waals surface area contributed by atoms with Gasteiger partial charge in [0.25, 0.3) is 0 Å². The Morgan fingerprint density at radius 3 is 1.92 bits per heavy atom. The molecule has 0 unspecified atom stereocenters. The Morgan fingerprint density at radius 1 is 0.640 bits per heavy atom. The molecule has 0 spiro atoms. The molecule has 1 radical (unpaired) electrons. The van der Waals surface area contributed by atoms with Crippen LogP contribution >= 0.6 is 0 Å². The second-order valence-corrected chi connectivity index (χ2v) is 28.6. The molecule has 9 heteroatoms. The standard InChI is InChI=1S/C42H25FN3O.C24H27FGeN.Ir/c43-35-17-10-18-36-40(35)46(32-21-19-29(20-22-32)27-11-4-1-5-12-27)42(45-36)34-24-23-33(30-15-8-3-9-16-30)38-39-37(47-41(34)38)25-31(26-44-39)28-13-6-2-7-14-28;1-17(2)13-19-15-24(21-12-11-18(3)14-22(21)25)27-16-23(19)26(4,5)20-9-7-6-8-10-20;/h1-23,25-26H;6-11,14-17H,13H2,1-5H3;/q2*-1;/i;3D3;. The van der Waals surface area contributed by atoms with Gasteiger partial charge in [-0.05, 0) is 52.4 Å². The summed E-state index contributed by atoms with van der Waals surface area (Å²) < 4.78 is 64.1. The van der Waals surface area contributed by atoms with E-state index in [9.17, 15) is 4.39 Å². The van der Waals surface area contributed by atoms with Crippen LogP contribution in [0.15, 0.2) is 211 Å². The van der Waals surface area contributed by atoms with Crippen molar-refractivity contribution in [2.24, 2.45) is 5.92 Å². The fourth-order valence-corrected chi connectivity index (χ4v) is 15.6. The molecule has 0 bridgehead atoms. The van der Waals surface area contributed by atoms with Crippen LogP contribution < -0.4 is 8.79 Å². The monoisotopic (exact) mass is 1220 g/mol. The first kappa shape index (κ1) is 47.1. The number of pyridine rings is 2. The van der Waals surface area contributed by atoms with E-state index in [1.165, 1.54) is 26.5 Å². The SMILES string of the molecule is Fc1cccc2nc(-c3[c-]cc(-c4ccccc4)c4c3oc3cc(-c5ccccc5)cnc34)n(-c3ccc(-c4ccccc4)cc3)c12.[2H]C([2H])([2H])c1c[c-]c(-c2cc(CC(C)C)[c]([Ge]([CH3])([CH3])[c]3ccccc3)cn2)c(F)c1.[Ir]. The van der Waals surface area contributed by atoms with Gasteiger partial charge in [0.1, 0.15) is 11.4 Å². The maximum absolute atomic E-state index is 15.7. The molecule has 4 heterocycles. The normalized spacial score (nSPS) is 12.2. The Hall–Kier alpha value is -7.62. The first-order chi connectivity index (χ1) is 37.2. The third kappa shape index (κ3) is 10.2. The number of furan rings is 1. The molecule has 0 fully saturated rings. The van der Waals surface area contributed by atoms with Gasteiger partial charge < -0.3 is 8.98 Å². The summed E-state index contributed by atoms with van der Waals surface area (Å²) in [5, 5.41) is 0.859. The average Bonchev–Trinajstić information content (AvgIpc) is 4.20. The van der Waals surface area contributed by atoms with Crippen LogP contribution in [-0.4, -0.2) is 32.8 Å². The second-order valence-electron chi connectivity index (χ2n) is 19.4. The van der Waals surface area contributed by atoms with Crippen molar-refractivity contribution in [3.63, 3.8) is 0 Å². The topological polar surface area (TPSA) is 56.7 Å². The molecule has 0 saturated heterocycles. The summed E-state index contributed by atoms with van der Waals surface area (Å²) in [6, 6.07) is 68.8. The Balaban J connectivity index is 0.000000193. The fourth-order valence-electron chi connectivity index (χ4n) is 9.91. The minimum atomic E-state index is -2.58.